The molecule has 0 radical (unpaired) electrons. The van der Waals surface area contributed by atoms with E-state index < -0.39 is 17.9 Å². The molecule has 0 aliphatic carbocycles. The van der Waals surface area contributed by atoms with Crippen molar-refractivity contribution in [2.24, 2.45) is 0 Å². The molecule has 1 aromatic heterocycles. The molecule has 1 atom stereocenters. The van der Waals surface area contributed by atoms with E-state index in [-0.39, 0.29) is 5.76 Å². The first-order chi connectivity index (χ1) is 7.34. The van der Waals surface area contributed by atoms with Gasteiger partial charge in [-0.3, -0.25) is 4.79 Å². The highest BCUT2D eigenvalue weighted by Gasteiger charge is 2.26. The van der Waals surface area contributed by atoms with Gasteiger partial charge in [-0.1, -0.05) is 0 Å². The number of aliphatic carboxylic acids is 1. The first-order valence-corrected chi connectivity index (χ1v) is 4.78. The monoisotopic (exact) mass is 226 g/mol. The van der Waals surface area contributed by atoms with Crippen molar-refractivity contribution in [3.8, 4) is 0 Å². The second-order valence-corrected chi connectivity index (χ2v) is 3.58. The number of aromatic nitrogens is 1. The van der Waals surface area contributed by atoms with Crippen LogP contribution in [0.1, 0.15) is 29.1 Å². The van der Waals surface area contributed by atoms with Crippen LogP contribution in [0.4, 0.5) is 0 Å². The van der Waals surface area contributed by atoms with E-state index in [4.69, 9.17) is 9.52 Å². The summed E-state index contributed by atoms with van der Waals surface area (Å²) in [5.41, 5.74) is 0.465. The average Bonchev–Trinajstić information content (AvgIpc) is 2.54. The molecule has 6 heteroatoms. The second-order valence-electron chi connectivity index (χ2n) is 3.58. The molecular weight excluding hydrogens is 212 g/mol. The summed E-state index contributed by atoms with van der Waals surface area (Å²) >= 11 is 0. The van der Waals surface area contributed by atoms with Crippen LogP contribution < -0.4 is 0 Å². The maximum absolute atomic E-state index is 11.9. The Kier molecular flexibility index (Phi) is 3.31. The minimum absolute atomic E-state index is 0.0908. The van der Waals surface area contributed by atoms with Crippen LogP contribution in [0.15, 0.2) is 4.42 Å². The number of aryl methyl sites for hydroxylation is 2. The highest BCUT2D eigenvalue weighted by Crippen LogP contribution is 2.13. The zero-order valence-electron chi connectivity index (χ0n) is 9.64. The lowest BCUT2D eigenvalue weighted by molar-refractivity contribution is -0.141. The Morgan fingerprint density at radius 3 is 2.38 bits per heavy atom. The molecule has 0 saturated carbocycles. The summed E-state index contributed by atoms with van der Waals surface area (Å²) in [7, 11) is 1.42. The molecule has 1 amide bonds. The zero-order chi connectivity index (χ0) is 12.5. The number of likely N-dealkylation sites (N-methyl/N-ethyl adjacent to an activating group) is 1. The number of carboxylic acid groups (broad SMARTS) is 1. The van der Waals surface area contributed by atoms with Gasteiger partial charge in [0.05, 0.1) is 5.69 Å². The molecule has 1 N–H and O–H groups in total. The lowest BCUT2D eigenvalue weighted by Crippen LogP contribution is -2.40. The van der Waals surface area contributed by atoms with E-state index in [0.29, 0.717) is 11.6 Å². The second kappa shape index (κ2) is 4.34. The van der Waals surface area contributed by atoms with Crippen molar-refractivity contribution in [2.45, 2.75) is 26.8 Å². The SMILES string of the molecule is Cc1nc(C)c(C(=O)N(C)C(C)C(=O)O)o1. The zero-order valence-corrected chi connectivity index (χ0v) is 9.64. The lowest BCUT2D eigenvalue weighted by atomic mass is 10.2. The van der Waals surface area contributed by atoms with Crippen LogP contribution in [0.2, 0.25) is 0 Å². The number of hydrogen-bond donors (Lipinski definition) is 1. The fourth-order valence-electron chi connectivity index (χ4n) is 1.23. The molecule has 1 aromatic rings. The first kappa shape index (κ1) is 12.2. The predicted molar refractivity (Wildman–Crippen MR) is 55.2 cm³/mol. The van der Waals surface area contributed by atoms with Gasteiger partial charge in [0.15, 0.2) is 5.89 Å². The van der Waals surface area contributed by atoms with E-state index in [2.05, 4.69) is 4.98 Å². The largest absolute Gasteiger partial charge is 0.480 e. The van der Waals surface area contributed by atoms with Crippen molar-refractivity contribution in [3.05, 3.63) is 17.3 Å². The van der Waals surface area contributed by atoms with Crippen LogP contribution in [-0.4, -0.2) is 40.0 Å². The van der Waals surface area contributed by atoms with Gasteiger partial charge in [-0.15, -0.1) is 0 Å². The maximum Gasteiger partial charge on any atom is 0.326 e. The van der Waals surface area contributed by atoms with Crippen LogP contribution in [0.25, 0.3) is 0 Å². The van der Waals surface area contributed by atoms with Crippen LogP contribution in [-0.2, 0) is 4.79 Å². The van der Waals surface area contributed by atoms with Gasteiger partial charge in [-0.05, 0) is 13.8 Å². The third kappa shape index (κ3) is 2.21. The molecule has 0 bridgehead atoms. The minimum Gasteiger partial charge on any atom is -0.480 e. The van der Waals surface area contributed by atoms with Crippen molar-refractivity contribution in [1.82, 2.24) is 9.88 Å². The van der Waals surface area contributed by atoms with E-state index in [9.17, 15) is 9.59 Å². The van der Waals surface area contributed by atoms with Gasteiger partial charge in [-0.25, -0.2) is 9.78 Å². The molecule has 1 heterocycles. The molecule has 1 unspecified atom stereocenters. The van der Waals surface area contributed by atoms with Crippen LogP contribution in [0, 0.1) is 13.8 Å². The number of carbonyl (C=O) groups excluding carboxylic acids is 1. The van der Waals surface area contributed by atoms with Gasteiger partial charge in [0.1, 0.15) is 6.04 Å². The van der Waals surface area contributed by atoms with E-state index in [1.54, 1.807) is 13.8 Å². The quantitative estimate of drug-likeness (QED) is 0.825. The Labute approximate surface area is 92.9 Å². The van der Waals surface area contributed by atoms with Crippen LogP contribution in [0.3, 0.4) is 0 Å². The molecule has 0 saturated heterocycles. The van der Waals surface area contributed by atoms with Gasteiger partial charge in [0, 0.05) is 14.0 Å². The smallest absolute Gasteiger partial charge is 0.326 e. The Morgan fingerprint density at radius 1 is 1.44 bits per heavy atom. The van der Waals surface area contributed by atoms with Gasteiger partial charge >= 0.3 is 5.97 Å². The molecule has 0 aliphatic heterocycles. The van der Waals surface area contributed by atoms with Gasteiger partial charge in [-0.2, -0.15) is 0 Å². The molecule has 0 aliphatic rings. The number of hydrogen-bond acceptors (Lipinski definition) is 4. The van der Waals surface area contributed by atoms with Crippen LogP contribution >= 0.6 is 0 Å². The van der Waals surface area contributed by atoms with E-state index >= 15 is 0 Å². The summed E-state index contributed by atoms with van der Waals surface area (Å²) in [5, 5.41) is 8.78. The van der Waals surface area contributed by atoms with Crippen LogP contribution in [0.5, 0.6) is 0 Å². The third-order valence-electron chi connectivity index (χ3n) is 2.36. The van der Waals surface area contributed by atoms with Crippen molar-refractivity contribution in [3.63, 3.8) is 0 Å². The molecule has 1 rings (SSSR count). The van der Waals surface area contributed by atoms with Gasteiger partial charge in [0.25, 0.3) is 5.91 Å². The summed E-state index contributed by atoms with van der Waals surface area (Å²) in [6, 6.07) is -0.905. The Balaban J connectivity index is 2.94. The lowest BCUT2D eigenvalue weighted by Gasteiger charge is -2.20. The Morgan fingerprint density at radius 2 is 2.00 bits per heavy atom. The number of nitrogens with zero attached hydrogens (tertiary/aromatic N) is 2. The number of carboxylic acids is 1. The average molecular weight is 226 g/mol. The van der Waals surface area contributed by atoms with E-state index in [1.807, 2.05) is 0 Å². The van der Waals surface area contributed by atoms with Gasteiger partial charge in [0.2, 0.25) is 5.76 Å². The summed E-state index contributed by atoms with van der Waals surface area (Å²) in [6.45, 7) is 4.70. The minimum atomic E-state index is -1.07. The number of amides is 1. The molecule has 0 aromatic carbocycles. The summed E-state index contributed by atoms with van der Waals surface area (Å²) in [4.78, 5) is 27.6. The Hall–Kier alpha value is -1.85. The fourth-order valence-corrected chi connectivity index (χ4v) is 1.23. The molecular formula is C10H14N2O4. The van der Waals surface area contributed by atoms with Crippen molar-refractivity contribution in [2.75, 3.05) is 7.05 Å². The summed E-state index contributed by atoms with van der Waals surface area (Å²) in [6.07, 6.45) is 0. The van der Waals surface area contributed by atoms with Crippen molar-refractivity contribution < 1.29 is 19.1 Å². The molecule has 16 heavy (non-hydrogen) atoms. The van der Waals surface area contributed by atoms with E-state index in [1.165, 1.54) is 14.0 Å². The van der Waals surface area contributed by atoms with Gasteiger partial charge < -0.3 is 14.4 Å². The number of rotatable bonds is 3. The van der Waals surface area contributed by atoms with Crippen molar-refractivity contribution >= 4 is 11.9 Å². The molecule has 6 nitrogen and oxygen atoms in total. The fraction of sp³-hybridized carbons (Fsp3) is 0.500. The first-order valence-electron chi connectivity index (χ1n) is 4.78. The number of carbonyl (C=O) groups is 2. The summed E-state index contributed by atoms with van der Waals surface area (Å²) in [5.74, 6) is -1.07. The molecule has 0 spiro atoms. The maximum atomic E-state index is 11.9. The Bertz CT molecular complexity index is 424. The molecule has 0 fully saturated rings. The standard InChI is InChI=1S/C10H14N2O4/c1-5-8(16-7(3)11-5)9(13)12(4)6(2)10(14)15/h6H,1-4H3,(H,14,15). The van der Waals surface area contributed by atoms with E-state index in [0.717, 1.165) is 4.90 Å². The predicted octanol–water partition coefficient (Wildman–Crippen LogP) is 0.837. The third-order valence-corrected chi connectivity index (χ3v) is 2.36. The topological polar surface area (TPSA) is 83.6 Å². The summed E-state index contributed by atoms with van der Waals surface area (Å²) < 4.78 is 5.13. The normalized spacial score (nSPS) is 12.2. The highest BCUT2D eigenvalue weighted by atomic mass is 16.4. The highest BCUT2D eigenvalue weighted by molar-refractivity contribution is 5.94. The van der Waals surface area contributed by atoms with Crippen molar-refractivity contribution in [1.29, 1.82) is 0 Å². The number of oxazole rings is 1. The molecule has 88 valence electrons.